The molecule has 2 nitrogen and oxygen atoms in total. The second kappa shape index (κ2) is 3.97. The molecule has 2 aliphatic carbocycles. The average Bonchev–Trinajstić information content (AvgIpc) is 2.51. The van der Waals surface area contributed by atoms with Crippen LogP contribution in [-0.2, 0) is 0 Å². The van der Waals surface area contributed by atoms with Crippen LogP contribution in [0.1, 0.15) is 38.5 Å². The first kappa shape index (κ1) is 9.47. The first-order chi connectivity index (χ1) is 6.25. The Morgan fingerprint density at radius 2 is 1.85 bits per heavy atom. The van der Waals surface area contributed by atoms with E-state index >= 15 is 0 Å². The van der Waals surface area contributed by atoms with Gasteiger partial charge in [-0.1, -0.05) is 12.8 Å². The molecule has 0 bridgehead atoms. The van der Waals surface area contributed by atoms with Crippen molar-refractivity contribution in [1.82, 2.24) is 4.90 Å². The molecule has 0 spiro atoms. The molecule has 1 N–H and O–H groups in total. The van der Waals surface area contributed by atoms with Crippen LogP contribution in [0, 0.1) is 5.92 Å². The van der Waals surface area contributed by atoms with Crippen molar-refractivity contribution in [3.8, 4) is 0 Å². The second-order valence-corrected chi connectivity index (χ2v) is 4.87. The van der Waals surface area contributed by atoms with Gasteiger partial charge >= 0.3 is 0 Å². The number of aliphatic hydroxyl groups is 1. The Bertz CT molecular complexity index is 159. The number of hydrogen-bond donors (Lipinski definition) is 1. The molecule has 0 amide bonds. The van der Waals surface area contributed by atoms with E-state index in [9.17, 15) is 5.11 Å². The topological polar surface area (TPSA) is 23.5 Å². The molecule has 0 unspecified atom stereocenters. The zero-order chi connectivity index (χ0) is 9.26. The van der Waals surface area contributed by atoms with E-state index in [-0.39, 0.29) is 6.10 Å². The number of hydrogen-bond acceptors (Lipinski definition) is 2. The van der Waals surface area contributed by atoms with Crippen LogP contribution in [0.15, 0.2) is 0 Å². The molecular formula is C11H21NO. The molecule has 0 saturated heterocycles. The van der Waals surface area contributed by atoms with Gasteiger partial charge in [0.15, 0.2) is 0 Å². The minimum Gasteiger partial charge on any atom is -0.393 e. The summed E-state index contributed by atoms with van der Waals surface area (Å²) in [6.07, 6.45) is 7.74. The van der Waals surface area contributed by atoms with Crippen LogP contribution >= 0.6 is 0 Å². The lowest BCUT2D eigenvalue weighted by atomic mass is 9.88. The van der Waals surface area contributed by atoms with Crippen molar-refractivity contribution >= 4 is 0 Å². The summed E-state index contributed by atoms with van der Waals surface area (Å²) in [5.41, 5.74) is 0. The Balaban J connectivity index is 1.68. The zero-order valence-corrected chi connectivity index (χ0v) is 8.58. The van der Waals surface area contributed by atoms with Gasteiger partial charge in [-0.2, -0.15) is 0 Å². The van der Waals surface area contributed by atoms with Crippen molar-refractivity contribution in [3.63, 3.8) is 0 Å². The largest absolute Gasteiger partial charge is 0.393 e. The summed E-state index contributed by atoms with van der Waals surface area (Å²) in [4.78, 5) is 2.46. The summed E-state index contributed by atoms with van der Waals surface area (Å²) in [6, 6.07) is 0.676. The van der Waals surface area contributed by atoms with Crippen LogP contribution in [0.2, 0.25) is 0 Å². The Morgan fingerprint density at radius 1 is 1.23 bits per heavy atom. The quantitative estimate of drug-likeness (QED) is 0.719. The third-order valence-electron chi connectivity index (χ3n) is 3.73. The van der Waals surface area contributed by atoms with Gasteiger partial charge in [0, 0.05) is 12.6 Å². The molecule has 2 saturated carbocycles. The number of rotatable bonds is 3. The van der Waals surface area contributed by atoms with Gasteiger partial charge in [-0.25, -0.2) is 0 Å². The van der Waals surface area contributed by atoms with Crippen LogP contribution in [0.5, 0.6) is 0 Å². The van der Waals surface area contributed by atoms with Gasteiger partial charge in [-0.3, -0.25) is 0 Å². The van der Waals surface area contributed by atoms with Crippen molar-refractivity contribution in [2.24, 2.45) is 5.92 Å². The lowest BCUT2D eigenvalue weighted by molar-refractivity contribution is 0.00720. The number of aliphatic hydroxyl groups excluding tert-OH is 1. The standard InChI is InChI=1S/C11H21NO/c1-12(10-6-11(13)7-10)8-9-4-2-3-5-9/h9-11,13H,2-8H2,1H3. The normalized spacial score (nSPS) is 35.3. The van der Waals surface area contributed by atoms with Crippen molar-refractivity contribution in [3.05, 3.63) is 0 Å². The molecule has 0 aromatic rings. The minimum atomic E-state index is -0.00368. The molecule has 0 radical (unpaired) electrons. The fourth-order valence-electron chi connectivity index (χ4n) is 2.67. The van der Waals surface area contributed by atoms with Crippen LogP contribution in [0.4, 0.5) is 0 Å². The minimum absolute atomic E-state index is 0.00368. The van der Waals surface area contributed by atoms with Gasteiger partial charge in [0.05, 0.1) is 6.10 Å². The summed E-state index contributed by atoms with van der Waals surface area (Å²) in [7, 11) is 2.22. The molecule has 0 aromatic heterocycles. The van der Waals surface area contributed by atoms with Crippen LogP contribution in [0.3, 0.4) is 0 Å². The fraction of sp³-hybridized carbons (Fsp3) is 1.00. The Hall–Kier alpha value is -0.0800. The maximum absolute atomic E-state index is 9.20. The zero-order valence-electron chi connectivity index (χ0n) is 8.58. The molecule has 2 heteroatoms. The second-order valence-electron chi connectivity index (χ2n) is 4.87. The molecule has 0 aromatic carbocycles. The average molecular weight is 183 g/mol. The van der Waals surface area contributed by atoms with E-state index in [1.165, 1.54) is 32.2 Å². The monoisotopic (exact) mass is 183 g/mol. The summed E-state index contributed by atoms with van der Waals surface area (Å²) >= 11 is 0. The Kier molecular flexibility index (Phi) is 2.89. The molecule has 2 fully saturated rings. The molecule has 76 valence electrons. The van der Waals surface area contributed by atoms with E-state index in [0.717, 1.165) is 18.8 Å². The van der Waals surface area contributed by atoms with E-state index in [0.29, 0.717) is 6.04 Å². The molecule has 0 atom stereocenters. The molecule has 13 heavy (non-hydrogen) atoms. The maximum Gasteiger partial charge on any atom is 0.0570 e. The van der Waals surface area contributed by atoms with Crippen molar-refractivity contribution < 1.29 is 5.11 Å². The molecular weight excluding hydrogens is 162 g/mol. The van der Waals surface area contributed by atoms with Gasteiger partial charge in [-0.15, -0.1) is 0 Å². The number of nitrogens with zero attached hydrogens (tertiary/aromatic N) is 1. The van der Waals surface area contributed by atoms with Crippen LogP contribution < -0.4 is 0 Å². The highest BCUT2D eigenvalue weighted by Gasteiger charge is 2.31. The van der Waals surface area contributed by atoms with Gasteiger partial charge in [0.2, 0.25) is 0 Å². The summed E-state index contributed by atoms with van der Waals surface area (Å²) < 4.78 is 0. The fourth-order valence-corrected chi connectivity index (χ4v) is 2.67. The van der Waals surface area contributed by atoms with Crippen molar-refractivity contribution in [1.29, 1.82) is 0 Å². The molecule has 2 rings (SSSR count). The van der Waals surface area contributed by atoms with Gasteiger partial charge in [0.1, 0.15) is 0 Å². The highest BCUT2D eigenvalue weighted by Crippen LogP contribution is 2.29. The summed E-state index contributed by atoms with van der Waals surface area (Å²) in [5, 5.41) is 9.20. The summed E-state index contributed by atoms with van der Waals surface area (Å²) in [5.74, 6) is 0.947. The Morgan fingerprint density at radius 3 is 2.38 bits per heavy atom. The van der Waals surface area contributed by atoms with E-state index in [2.05, 4.69) is 11.9 Å². The maximum atomic E-state index is 9.20. The SMILES string of the molecule is CN(CC1CCCC1)C1CC(O)C1. The first-order valence-electron chi connectivity index (χ1n) is 5.64. The summed E-state index contributed by atoms with van der Waals surface area (Å²) in [6.45, 7) is 1.26. The van der Waals surface area contributed by atoms with E-state index in [4.69, 9.17) is 0 Å². The van der Waals surface area contributed by atoms with Gasteiger partial charge in [-0.05, 0) is 38.6 Å². The predicted octanol–water partition coefficient (Wildman–Crippen LogP) is 1.63. The van der Waals surface area contributed by atoms with Crippen molar-refractivity contribution in [2.45, 2.75) is 50.7 Å². The van der Waals surface area contributed by atoms with E-state index in [1.807, 2.05) is 0 Å². The third-order valence-corrected chi connectivity index (χ3v) is 3.73. The Labute approximate surface area is 80.9 Å². The van der Waals surface area contributed by atoms with Crippen molar-refractivity contribution in [2.75, 3.05) is 13.6 Å². The molecule has 0 aliphatic heterocycles. The predicted molar refractivity (Wildman–Crippen MR) is 53.6 cm³/mol. The van der Waals surface area contributed by atoms with Crippen LogP contribution in [-0.4, -0.2) is 35.7 Å². The lowest BCUT2D eigenvalue weighted by Gasteiger charge is -2.39. The van der Waals surface area contributed by atoms with E-state index < -0.39 is 0 Å². The first-order valence-corrected chi connectivity index (χ1v) is 5.64. The van der Waals surface area contributed by atoms with E-state index in [1.54, 1.807) is 0 Å². The molecule has 2 aliphatic rings. The third kappa shape index (κ3) is 2.23. The van der Waals surface area contributed by atoms with Gasteiger partial charge in [0.25, 0.3) is 0 Å². The molecule has 0 heterocycles. The highest BCUT2D eigenvalue weighted by atomic mass is 16.3. The van der Waals surface area contributed by atoms with Crippen LogP contribution in [0.25, 0.3) is 0 Å². The highest BCUT2D eigenvalue weighted by molar-refractivity contribution is 4.86. The van der Waals surface area contributed by atoms with Gasteiger partial charge < -0.3 is 10.0 Å². The smallest absolute Gasteiger partial charge is 0.0570 e. The lowest BCUT2D eigenvalue weighted by Crippen LogP contribution is -2.46.